The number of nitrogens with two attached hydrogens (primary N) is 7. The molecule has 28 heteroatoms. The lowest BCUT2D eigenvalue weighted by Crippen LogP contribution is -2.47. The number of halogens is 3. The molecule has 0 aliphatic heterocycles. The Morgan fingerprint density at radius 1 is 0.589 bits per heavy atom. The molecule has 2 aromatic carbocycles. The molecule has 2 unspecified atom stereocenters. The van der Waals surface area contributed by atoms with Gasteiger partial charge in [-0.2, -0.15) is 0 Å². The van der Waals surface area contributed by atoms with E-state index in [4.69, 9.17) is 39.1 Å². The van der Waals surface area contributed by atoms with E-state index < -0.39 is 59.9 Å². The van der Waals surface area contributed by atoms with E-state index in [9.17, 15) is 48.6 Å². The van der Waals surface area contributed by atoms with Gasteiger partial charge in [0.2, 0.25) is 23.6 Å². The lowest BCUT2D eigenvalue weighted by atomic mass is 9.92. The Hall–Kier alpha value is -4.97. The van der Waals surface area contributed by atoms with Crippen LogP contribution in [0, 0.1) is 11.8 Å². The van der Waals surface area contributed by atoms with E-state index in [2.05, 4.69) is 67.5 Å². The molecule has 0 saturated carbocycles. The predicted octanol–water partition coefficient (Wildman–Crippen LogP) is 3.66. The number of methoxy groups -OCH3 is 1. The average molecular weight is 1350 g/mol. The van der Waals surface area contributed by atoms with Crippen LogP contribution < -0.4 is 71.6 Å². The van der Waals surface area contributed by atoms with E-state index in [1.807, 2.05) is 73.7 Å². The standard InChI is InChI=1S/C25H38N2O7.C21H41N5O5.C6H6.C5H14N2.C2H8N2.C2H7N.CH4.ClH2N.2ClH/c1-4-5-6-10-13-26-25(32)20(15-24(31)34-17-19-11-8-7-9-12-19)14-22(29)21(27-18(2)28)16-23(30)33-3;1-3-4-5-6-9-25-21(31)17(7-13-27)14-19(29)18(26-16(2)28)15-20(30)24-12-11-23-10-8-22;1-2-4-6-5-3-1;6-4-2-1-3-5-7;3-1-2-4;1-2-3;;1-2;;/h7-9,11-12,20-22,29H,4-6,10,13-17H2,1-3H3,(H,26,32)(H,27,28);13,16-18,23,26,28H,3-12,14-15,22H2,1-2H3,(H,24,30)(H,25,31);1-6H;1-7H2;1-4H2;2-3H2,1H3;1H4;2H2;2*1H/t20-,21+,22?;16?,17-,18-;;;;;;;;/m01......../s1. The normalized spacial score (nSPS) is 11.6. The third-order valence-electron chi connectivity index (χ3n) is 11.8. The molecule has 25 nitrogen and oxygen atoms in total. The van der Waals surface area contributed by atoms with E-state index in [1.165, 1.54) is 27.4 Å². The molecule has 0 aliphatic carbocycles. The van der Waals surface area contributed by atoms with E-state index in [0.717, 1.165) is 89.4 Å². The van der Waals surface area contributed by atoms with Gasteiger partial charge in [0.1, 0.15) is 19.1 Å². The Morgan fingerprint density at radius 3 is 1.49 bits per heavy atom. The Labute approximate surface area is 556 Å². The SMILES string of the molecule is C.CCCCCCNC(=O)[C@H](CC(=O)OCc1ccccc1)CC(O)[C@@H](CC(=O)OC)NC(C)=O.CCCCCCNC(=O)[C@H](CC=O)CC(=O)[C@@H](CC(=O)NCCNCCN)NC(C)O.CCN.Cl.Cl.NCCCCCN.NCCN.NCl.c1ccccc1. The third kappa shape index (κ3) is 70.5. The highest BCUT2D eigenvalue weighted by atomic mass is 35.5. The highest BCUT2D eigenvalue weighted by Gasteiger charge is 2.32. The minimum Gasteiger partial charge on any atom is -0.469 e. The quantitative estimate of drug-likeness (QED) is 0.0148. The number of unbranched alkanes of at least 4 members (excludes halogenated alkanes) is 8. The number of aliphatic hydroxyl groups is 2. The highest BCUT2D eigenvalue weighted by molar-refractivity contribution is 6.11. The number of carbonyl (C=O) groups is 8. The summed E-state index contributed by atoms with van der Waals surface area (Å²) in [5, 5.41) is 40.9. The van der Waals surface area contributed by atoms with E-state index in [0.29, 0.717) is 58.6 Å². The second-order valence-electron chi connectivity index (χ2n) is 19.7. The fraction of sp³-hybridized carbons (Fsp3) is 0.677. The van der Waals surface area contributed by atoms with Crippen LogP contribution in [0.4, 0.5) is 0 Å². The summed E-state index contributed by atoms with van der Waals surface area (Å²) in [6, 6.07) is 19.3. The van der Waals surface area contributed by atoms with Gasteiger partial charge in [-0.15, -0.1) is 24.8 Å². The lowest BCUT2D eigenvalue weighted by Gasteiger charge is -2.26. The molecule has 528 valence electrons. The van der Waals surface area contributed by atoms with Gasteiger partial charge in [-0.05, 0) is 76.0 Å². The molecule has 0 spiro atoms. The van der Waals surface area contributed by atoms with Crippen molar-refractivity contribution in [1.29, 1.82) is 0 Å². The summed E-state index contributed by atoms with van der Waals surface area (Å²) in [4.78, 5) is 96.9. The lowest BCUT2D eigenvalue weighted by molar-refractivity contribution is -0.149. The Balaban J connectivity index is -0.000000182. The number of carbonyl (C=O) groups excluding carboxylic acids is 8. The number of esters is 2. The van der Waals surface area contributed by atoms with Crippen LogP contribution in [-0.4, -0.2) is 161 Å². The van der Waals surface area contributed by atoms with Gasteiger partial charge in [-0.1, -0.05) is 140 Å². The minimum atomic E-state index is -1.25. The van der Waals surface area contributed by atoms with Crippen molar-refractivity contribution in [2.24, 2.45) is 51.5 Å². The largest absolute Gasteiger partial charge is 0.469 e. The summed E-state index contributed by atoms with van der Waals surface area (Å²) in [5.74, 6) is -4.79. The molecular formula is C62H122Cl3N13O12. The zero-order chi connectivity index (χ0) is 66.7. The zero-order valence-corrected chi connectivity index (χ0v) is 56.5. The summed E-state index contributed by atoms with van der Waals surface area (Å²) in [5.41, 5.74) is 31.3. The first-order chi connectivity index (χ1) is 41.9. The first-order valence-corrected chi connectivity index (χ1v) is 30.9. The fourth-order valence-electron chi connectivity index (χ4n) is 7.33. The molecule has 0 bridgehead atoms. The number of Topliss-reactive ketones (excluding diaryl/α,β-unsaturated/α-hetero) is 1. The molecule has 22 N–H and O–H groups in total. The van der Waals surface area contributed by atoms with Crippen LogP contribution in [0.3, 0.4) is 0 Å². The molecular weight excluding hydrogens is 1230 g/mol. The zero-order valence-electron chi connectivity index (χ0n) is 54.1. The Bertz CT molecular complexity index is 1900. The van der Waals surface area contributed by atoms with Crippen molar-refractivity contribution in [3.63, 3.8) is 0 Å². The number of ether oxygens (including phenoxy) is 2. The van der Waals surface area contributed by atoms with Crippen molar-refractivity contribution >= 4 is 84.2 Å². The van der Waals surface area contributed by atoms with E-state index in [1.54, 1.807) is 0 Å². The van der Waals surface area contributed by atoms with Crippen LogP contribution in [0.2, 0.25) is 0 Å². The molecule has 0 fully saturated rings. The summed E-state index contributed by atoms with van der Waals surface area (Å²) in [6.07, 6.45) is 8.66. The summed E-state index contributed by atoms with van der Waals surface area (Å²) >= 11 is 4.14. The molecule has 0 heterocycles. The third-order valence-corrected chi connectivity index (χ3v) is 11.8. The summed E-state index contributed by atoms with van der Waals surface area (Å²) in [6.45, 7) is 15.5. The summed E-state index contributed by atoms with van der Waals surface area (Å²) in [7, 11) is 1.21. The molecule has 90 heavy (non-hydrogen) atoms. The molecule has 0 saturated heterocycles. The van der Waals surface area contributed by atoms with Gasteiger partial charge in [0.15, 0.2) is 5.78 Å². The number of aliphatic hydroxyl groups excluding tert-OH is 2. The van der Waals surface area contributed by atoms with Gasteiger partial charge >= 0.3 is 11.9 Å². The van der Waals surface area contributed by atoms with Crippen molar-refractivity contribution in [1.82, 2.24) is 31.9 Å². The number of hydrogen-bond donors (Lipinski definition) is 15. The van der Waals surface area contributed by atoms with Gasteiger partial charge in [-0.25, -0.2) is 5.25 Å². The average Bonchev–Trinajstić information content (AvgIpc) is 3.61. The van der Waals surface area contributed by atoms with Crippen molar-refractivity contribution < 1.29 is 58.0 Å². The number of ketones is 1. The first-order valence-electron chi connectivity index (χ1n) is 30.4. The monoisotopic (exact) mass is 1350 g/mol. The molecule has 2 aromatic rings. The van der Waals surface area contributed by atoms with Crippen molar-refractivity contribution in [3.8, 4) is 0 Å². The van der Waals surface area contributed by atoms with Crippen LogP contribution >= 0.6 is 36.6 Å². The predicted molar refractivity (Wildman–Crippen MR) is 368 cm³/mol. The second-order valence-corrected chi connectivity index (χ2v) is 19.7. The molecule has 2 rings (SSSR count). The first kappa shape index (κ1) is 101. The second kappa shape index (κ2) is 78.3. The number of rotatable bonds is 41. The molecule has 4 amide bonds. The van der Waals surface area contributed by atoms with Crippen LogP contribution in [0.25, 0.3) is 0 Å². The maximum absolute atomic E-state index is 12.8. The van der Waals surface area contributed by atoms with Gasteiger partial charge in [0, 0.05) is 78.5 Å². The minimum absolute atomic E-state index is 0. The Kier molecular flexibility index (Phi) is 88.0. The Morgan fingerprint density at radius 2 is 1.07 bits per heavy atom. The smallest absolute Gasteiger partial charge is 0.307 e. The number of aldehydes is 1. The van der Waals surface area contributed by atoms with Gasteiger partial charge < -0.3 is 85.5 Å². The topological polar surface area (TPSA) is 450 Å². The van der Waals surface area contributed by atoms with Crippen LogP contribution in [0.5, 0.6) is 0 Å². The molecule has 0 aliphatic rings. The molecule has 6 atom stereocenters. The number of hydrogen-bond acceptors (Lipinski definition) is 21. The number of amides is 4. The van der Waals surface area contributed by atoms with Crippen LogP contribution in [-0.2, 0) is 54.4 Å². The van der Waals surface area contributed by atoms with E-state index in [-0.39, 0.29) is 95.1 Å². The maximum Gasteiger partial charge on any atom is 0.307 e. The highest BCUT2D eigenvalue weighted by Crippen LogP contribution is 2.19. The van der Waals surface area contributed by atoms with Crippen LogP contribution in [0.1, 0.15) is 157 Å². The molecule has 0 aromatic heterocycles. The summed E-state index contributed by atoms with van der Waals surface area (Å²) < 4.78 is 9.94. The van der Waals surface area contributed by atoms with Crippen molar-refractivity contribution in [2.75, 3.05) is 79.1 Å². The van der Waals surface area contributed by atoms with Gasteiger partial charge in [0.05, 0.1) is 50.0 Å². The van der Waals surface area contributed by atoms with Gasteiger partial charge in [-0.3, -0.25) is 38.9 Å². The fourth-order valence-corrected chi connectivity index (χ4v) is 7.33. The van der Waals surface area contributed by atoms with E-state index >= 15 is 0 Å². The molecule has 0 radical (unpaired) electrons. The van der Waals surface area contributed by atoms with Crippen molar-refractivity contribution in [3.05, 3.63) is 72.3 Å². The van der Waals surface area contributed by atoms with Crippen LogP contribution in [0.15, 0.2) is 66.7 Å². The number of benzene rings is 2. The number of nitrogens with one attached hydrogen (secondary N) is 6. The van der Waals surface area contributed by atoms with Crippen molar-refractivity contribution in [2.45, 2.75) is 182 Å². The van der Waals surface area contributed by atoms with Gasteiger partial charge in [0.25, 0.3) is 0 Å². The maximum atomic E-state index is 12.8.